The molecule has 154 valence electrons. The minimum absolute atomic E-state index is 0.668. The van der Waals surface area contributed by atoms with Crippen molar-refractivity contribution in [3.05, 3.63) is 55.0 Å². The number of imidazole rings is 1. The molecule has 1 saturated heterocycles. The van der Waals surface area contributed by atoms with Gasteiger partial charge in [-0.15, -0.1) is 0 Å². The van der Waals surface area contributed by atoms with Crippen molar-refractivity contribution in [3.8, 4) is 22.6 Å². The van der Waals surface area contributed by atoms with Gasteiger partial charge in [-0.25, -0.2) is 9.97 Å². The second-order valence-electron chi connectivity index (χ2n) is 8.01. The number of benzene rings is 1. The van der Waals surface area contributed by atoms with Crippen LogP contribution in [0.4, 0.5) is 5.69 Å². The van der Waals surface area contributed by atoms with Crippen LogP contribution >= 0.6 is 0 Å². The highest BCUT2D eigenvalue weighted by atomic mass is 15.2. The molecule has 1 fully saturated rings. The zero-order valence-electron chi connectivity index (χ0n) is 17.2. The Bertz CT molecular complexity index is 1360. The first-order valence-electron chi connectivity index (χ1n) is 10.4. The molecule has 0 bridgehead atoms. The standard InChI is InChI=1S/C23H22N8/c1-30-7-9-31(10-8-30)17-4-5-19-20(12-17)27-23(26-19)21-18-11-16(14-25-22(18)29-28-21)15-3-2-6-24-13-15/h2-6,11-14H,7-10H2,1H3,(H,26,27)(H,25,28,29). The first-order valence-corrected chi connectivity index (χ1v) is 10.4. The molecule has 1 aromatic carbocycles. The Morgan fingerprint density at radius 2 is 1.87 bits per heavy atom. The zero-order valence-corrected chi connectivity index (χ0v) is 17.2. The number of H-pyrrole nitrogens is 2. The van der Waals surface area contributed by atoms with E-state index in [0.29, 0.717) is 5.65 Å². The molecule has 0 amide bonds. The van der Waals surface area contributed by atoms with Crippen molar-refractivity contribution in [3.63, 3.8) is 0 Å². The fraction of sp³-hybridized carbons (Fsp3) is 0.217. The molecule has 31 heavy (non-hydrogen) atoms. The van der Waals surface area contributed by atoms with E-state index in [0.717, 1.165) is 65.2 Å². The molecule has 0 spiro atoms. The number of piperazine rings is 1. The summed E-state index contributed by atoms with van der Waals surface area (Å²) in [4.78, 5) is 21.8. The third-order valence-corrected chi connectivity index (χ3v) is 5.98. The Kier molecular flexibility index (Phi) is 4.17. The van der Waals surface area contributed by atoms with E-state index >= 15 is 0 Å². The summed E-state index contributed by atoms with van der Waals surface area (Å²) in [7, 11) is 2.17. The van der Waals surface area contributed by atoms with Crippen LogP contribution in [0, 0.1) is 0 Å². The van der Waals surface area contributed by atoms with Crippen molar-refractivity contribution >= 4 is 27.8 Å². The molecule has 4 aromatic heterocycles. The van der Waals surface area contributed by atoms with E-state index in [1.807, 2.05) is 24.5 Å². The molecule has 0 atom stereocenters. The van der Waals surface area contributed by atoms with Crippen LogP contribution in [0.2, 0.25) is 0 Å². The van der Waals surface area contributed by atoms with E-state index in [-0.39, 0.29) is 0 Å². The largest absolute Gasteiger partial charge is 0.369 e. The van der Waals surface area contributed by atoms with Gasteiger partial charge >= 0.3 is 0 Å². The lowest BCUT2D eigenvalue weighted by Gasteiger charge is -2.34. The number of nitrogens with zero attached hydrogens (tertiary/aromatic N) is 6. The van der Waals surface area contributed by atoms with Crippen molar-refractivity contribution < 1.29 is 0 Å². The van der Waals surface area contributed by atoms with E-state index in [1.165, 1.54) is 5.69 Å². The minimum atomic E-state index is 0.668. The lowest BCUT2D eigenvalue weighted by atomic mass is 10.1. The Hall–Kier alpha value is -3.78. The molecule has 2 N–H and O–H groups in total. The van der Waals surface area contributed by atoms with Gasteiger partial charge in [0.1, 0.15) is 5.69 Å². The molecule has 8 nitrogen and oxygen atoms in total. The smallest absolute Gasteiger partial charge is 0.181 e. The molecular formula is C23H22N8. The maximum atomic E-state index is 4.81. The van der Waals surface area contributed by atoms with Gasteiger partial charge in [0.25, 0.3) is 0 Å². The van der Waals surface area contributed by atoms with Gasteiger partial charge in [-0.05, 0) is 37.4 Å². The van der Waals surface area contributed by atoms with Gasteiger partial charge in [-0.3, -0.25) is 10.1 Å². The molecular weight excluding hydrogens is 388 g/mol. The average molecular weight is 410 g/mol. The van der Waals surface area contributed by atoms with Gasteiger partial charge in [0, 0.05) is 61.6 Å². The van der Waals surface area contributed by atoms with Crippen molar-refractivity contribution in [1.29, 1.82) is 0 Å². The monoisotopic (exact) mass is 410 g/mol. The van der Waals surface area contributed by atoms with Crippen LogP contribution in [0.5, 0.6) is 0 Å². The maximum absolute atomic E-state index is 4.81. The van der Waals surface area contributed by atoms with E-state index < -0.39 is 0 Å². The summed E-state index contributed by atoms with van der Waals surface area (Å²) in [5.74, 6) is 0.762. The highest BCUT2D eigenvalue weighted by molar-refractivity contribution is 5.93. The van der Waals surface area contributed by atoms with Crippen LogP contribution in [0.15, 0.2) is 55.0 Å². The van der Waals surface area contributed by atoms with Gasteiger partial charge in [0.15, 0.2) is 11.5 Å². The second kappa shape index (κ2) is 7.17. The molecule has 0 aliphatic carbocycles. The van der Waals surface area contributed by atoms with Crippen molar-refractivity contribution in [2.75, 3.05) is 38.1 Å². The summed E-state index contributed by atoms with van der Waals surface area (Å²) in [6.07, 6.45) is 5.43. The Morgan fingerprint density at radius 3 is 2.71 bits per heavy atom. The molecule has 0 saturated carbocycles. The van der Waals surface area contributed by atoms with Gasteiger partial charge in [-0.2, -0.15) is 5.10 Å². The van der Waals surface area contributed by atoms with Crippen molar-refractivity contribution in [1.82, 2.24) is 35.0 Å². The Labute approximate surface area is 179 Å². The molecule has 6 rings (SSSR count). The lowest BCUT2D eigenvalue weighted by molar-refractivity contribution is 0.313. The number of hydrogen-bond donors (Lipinski definition) is 2. The number of rotatable bonds is 3. The van der Waals surface area contributed by atoms with E-state index in [9.17, 15) is 0 Å². The van der Waals surface area contributed by atoms with Crippen LogP contribution in [0.1, 0.15) is 0 Å². The SMILES string of the molecule is CN1CCN(c2ccc3nc(-c4[nH]nc5ncc(-c6cccnc6)cc45)[nH]c3c2)CC1. The second-order valence-corrected chi connectivity index (χ2v) is 8.01. The molecule has 8 heteroatoms. The zero-order chi connectivity index (χ0) is 20.8. The lowest BCUT2D eigenvalue weighted by Crippen LogP contribution is -2.44. The third-order valence-electron chi connectivity index (χ3n) is 5.98. The first kappa shape index (κ1) is 18.0. The van der Waals surface area contributed by atoms with Crippen LogP contribution in [0.3, 0.4) is 0 Å². The summed E-state index contributed by atoms with van der Waals surface area (Å²) in [6, 6.07) is 12.5. The minimum Gasteiger partial charge on any atom is -0.369 e. The molecule has 0 radical (unpaired) electrons. The average Bonchev–Trinajstić information content (AvgIpc) is 3.43. The number of likely N-dealkylation sites (N-methyl/N-ethyl adjacent to an activating group) is 1. The normalized spacial score (nSPS) is 15.2. The number of pyridine rings is 2. The quantitative estimate of drug-likeness (QED) is 0.474. The summed E-state index contributed by atoms with van der Waals surface area (Å²) in [5, 5.41) is 8.42. The summed E-state index contributed by atoms with van der Waals surface area (Å²) in [5.41, 5.74) is 6.71. The van der Waals surface area contributed by atoms with Gasteiger partial charge in [0.05, 0.1) is 16.4 Å². The molecule has 1 aliphatic rings. The highest BCUT2D eigenvalue weighted by Gasteiger charge is 2.17. The van der Waals surface area contributed by atoms with E-state index in [2.05, 4.69) is 66.3 Å². The summed E-state index contributed by atoms with van der Waals surface area (Å²) in [6.45, 7) is 4.24. The van der Waals surface area contributed by atoms with Gasteiger partial charge in [0.2, 0.25) is 0 Å². The Balaban J connectivity index is 1.39. The van der Waals surface area contributed by atoms with Crippen LogP contribution in [-0.4, -0.2) is 68.3 Å². The van der Waals surface area contributed by atoms with E-state index in [4.69, 9.17) is 4.98 Å². The van der Waals surface area contributed by atoms with Gasteiger partial charge < -0.3 is 14.8 Å². The highest BCUT2D eigenvalue weighted by Crippen LogP contribution is 2.30. The number of aromatic nitrogens is 6. The molecule has 0 unspecified atom stereocenters. The number of hydrogen-bond acceptors (Lipinski definition) is 6. The van der Waals surface area contributed by atoms with Gasteiger partial charge in [-0.1, -0.05) is 6.07 Å². The Morgan fingerprint density at radius 1 is 0.968 bits per heavy atom. The fourth-order valence-electron chi connectivity index (χ4n) is 4.15. The van der Waals surface area contributed by atoms with Crippen LogP contribution in [0.25, 0.3) is 44.7 Å². The predicted molar refractivity (Wildman–Crippen MR) is 122 cm³/mol. The van der Waals surface area contributed by atoms with Crippen molar-refractivity contribution in [2.45, 2.75) is 0 Å². The fourth-order valence-corrected chi connectivity index (χ4v) is 4.15. The third kappa shape index (κ3) is 3.21. The van der Waals surface area contributed by atoms with Crippen LogP contribution < -0.4 is 4.90 Å². The summed E-state index contributed by atoms with van der Waals surface area (Å²) < 4.78 is 0. The first-order chi connectivity index (χ1) is 15.2. The van der Waals surface area contributed by atoms with E-state index in [1.54, 1.807) is 6.20 Å². The summed E-state index contributed by atoms with van der Waals surface area (Å²) >= 11 is 0. The topological polar surface area (TPSA) is 89.6 Å². The van der Waals surface area contributed by atoms with Crippen molar-refractivity contribution in [2.24, 2.45) is 0 Å². The number of fused-ring (bicyclic) bond motifs is 2. The number of aromatic amines is 2. The maximum Gasteiger partial charge on any atom is 0.181 e. The number of nitrogens with one attached hydrogen (secondary N) is 2. The predicted octanol–water partition coefficient (Wildman–Crippen LogP) is 3.32. The molecule has 5 heterocycles. The number of anilines is 1. The van der Waals surface area contributed by atoms with Crippen LogP contribution in [-0.2, 0) is 0 Å². The molecule has 5 aromatic rings. The molecule has 1 aliphatic heterocycles.